The summed E-state index contributed by atoms with van der Waals surface area (Å²) in [7, 11) is 0. The summed E-state index contributed by atoms with van der Waals surface area (Å²) in [5.74, 6) is 3.53. The predicted octanol–water partition coefficient (Wildman–Crippen LogP) is 10.4. The lowest BCUT2D eigenvalue weighted by Crippen LogP contribution is -2.16. The highest BCUT2D eigenvalue weighted by atomic mass is 14.3. The van der Waals surface area contributed by atoms with Crippen LogP contribution >= 0.6 is 0 Å². The van der Waals surface area contributed by atoms with Crippen LogP contribution in [-0.2, 0) is 19.3 Å². The van der Waals surface area contributed by atoms with Crippen molar-refractivity contribution in [1.82, 2.24) is 0 Å². The molecule has 204 valence electrons. The van der Waals surface area contributed by atoms with Crippen LogP contribution in [0.4, 0.5) is 0 Å². The summed E-state index contributed by atoms with van der Waals surface area (Å²) < 4.78 is 0. The Morgan fingerprint density at radius 1 is 0.897 bits per heavy atom. The molecule has 2 aromatic carbocycles. The Morgan fingerprint density at radius 3 is 2.44 bits per heavy atom. The minimum Gasteiger partial charge on any atom is -0.125 e. The molecule has 2 aromatic rings. The highest BCUT2D eigenvalue weighted by Gasteiger charge is 2.26. The van der Waals surface area contributed by atoms with Gasteiger partial charge in [-0.3, -0.25) is 0 Å². The Kier molecular flexibility index (Phi) is 9.96. The van der Waals surface area contributed by atoms with E-state index in [0.29, 0.717) is 17.8 Å². The first kappa shape index (κ1) is 27.7. The standard InChI is InChI=1S/C39H48/c1-30(16-25-38-27-26-37-14-7-4-8-15-39(37)38)31(2)28-34-21-23-36(24-22-34)29-35-19-17-33(18-20-35)13-9-12-32-10-5-3-6-11-32/h3-7,10-11,14-15,21-24,27,31,33,35,37,39H,1,9,12-13,16-20,25-26,28-29H2,2H3. The van der Waals surface area contributed by atoms with Crippen molar-refractivity contribution in [3.8, 4) is 0 Å². The van der Waals surface area contributed by atoms with E-state index < -0.39 is 0 Å². The number of hydrogen-bond acceptors (Lipinski definition) is 0. The SMILES string of the molecule is C=C(CCC1=CCC2C=CC=C=CC12)C(C)Cc1ccc(CC2CCC(CCCc3ccccc3)CC2)cc1. The molecule has 3 aliphatic rings. The summed E-state index contributed by atoms with van der Waals surface area (Å²) in [6.45, 7) is 6.85. The van der Waals surface area contributed by atoms with Gasteiger partial charge in [0.15, 0.2) is 0 Å². The monoisotopic (exact) mass is 516 g/mol. The summed E-state index contributed by atoms with van der Waals surface area (Å²) in [6.07, 6.45) is 26.8. The Bertz CT molecular complexity index is 1180. The normalized spacial score (nSPS) is 24.7. The zero-order valence-corrected chi connectivity index (χ0v) is 24.2. The van der Waals surface area contributed by atoms with Gasteiger partial charge in [-0.05, 0) is 110 Å². The average Bonchev–Trinajstić information content (AvgIpc) is 3.19. The molecule has 1 fully saturated rings. The Hall–Kier alpha value is -2.82. The van der Waals surface area contributed by atoms with E-state index in [-0.39, 0.29) is 0 Å². The molecule has 0 aromatic heterocycles. The molecule has 0 amide bonds. The number of fused-ring (bicyclic) bond motifs is 1. The van der Waals surface area contributed by atoms with Crippen molar-refractivity contribution in [2.75, 3.05) is 0 Å². The maximum absolute atomic E-state index is 4.50. The van der Waals surface area contributed by atoms with E-state index in [4.69, 9.17) is 0 Å². The van der Waals surface area contributed by atoms with Gasteiger partial charge in [-0.25, -0.2) is 0 Å². The minimum absolute atomic E-state index is 0.523. The van der Waals surface area contributed by atoms with Gasteiger partial charge in [0.25, 0.3) is 0 Å². The number of benzene rings is 2. The topological polar surface area (TPSA) is 0 Å². The number of allylic oxidation sites excluding steroid dienone is 6. The van der Waals surface area contributed by atoms with E-state index in [1.54, 1.807) is 5.57 Å². The van der Waals surface area contributed by atoms with Gasteiger partial charge in [0.2, 0.25) is 0 Å². The van der Waals surface area contributed by atoms with Crippen LogP contribution in [0.1, 0.15) is 81.4 Å². The molecule has 3 aliphatic carbocycles. The lowest BCUT2D eigenvalue weighted by Gasteiger charge is -2.28. The summed E-state index contributed by atoms with van der Waals surface area (Å²) >= 11 is 0. The Labute approximate surface area is 238 Å². The third-order valence-corrected chi connectivity index (χ3v) is 9.78. The minimum atomic E-state index is 0.523. The number of aryl methyl sites for hydroxylation is 1. The fourth-order valence-electron chi connectivity index (χ4n) is 7.11. The summed E-state index contributed by atoms with van der Waals surface area (Å²) in [4.78, 5) is 0. The third-order valence-electron chi connectivity index (χ3n) is 9.78. The zero-order chi connectivity index (χ0) is 26.9. The van der Waals surface area contributed by atoms with Crippen LogP contribution in [0.3, 0.4) is 0 Å². The number of hydrogen-bond donors (Lipinski definition) is 0. The Balaban J connectivity index is 0.998. The van der Waals surface area contributed by atoms with Crippen LogP contribution in [-0.4, -0.2) is 0 Å². The molecular weight excluding hydrogens is 468 g/mol. The van der Waals surface area contributed by atoms with Crippen LogP contribution in [0.2, 0.25) is 0 Å². The van der Waals surface area contributed by atoms with Crippen molar-refractivity contribution in [1.29, 1.82) is 0 Å². The molecule has 3 atom stereocenters. The van der Waals surface area contributed by atoms with Crippen LogP contribution in [0.25, 0.3) is 0 Å². The largest absolute Gasteiger partial charge is 0.125 e. The third kappa shape index (κ3) is 8.09. The van der Waals surface area contributed by atoms with Crippen LogP contribution in [0, 0.1) is 29.6 Å². The van der Waals surface area contributed by atoms with Gasteiger partial charge in [-0.1, -0.05) is 117 Å². The van der Waals surface area contributed by atoms with Gasteiger partial charge >= 0.3 is 0 Å². The second-order valence-electron chi connectivity index (χ2n) is 12.6. The first-order valence-corrected chi connectivity index (χ1v) is 15.7. The first-order valence-electron chi connectivity index (χ1n) is 15.7. The van der Waals surface area contributed by atoms with E-state index >= 15 is 0 Å². The van der Waals surface area contributed by atoms with E-state index in [0.717, 1.165) is 31.1 Å². The smallest absolute Gasteiger partial charge is 0.0119 e. The molecule has 3 unspecified atom stereocenters. The predicted molar refractivity (Wildman–Crippen MR) is 168 cm³/mol. The zero-order valence-electron chi connectivity index (χ0n) is 24.2. The van der Waals surface area contributed by atoms with Gasteiger partial charge in [0.1, 0.15) is 0 Å². The second-order valence-corrected chi connectivity index (χ2v) is 12.6. The van der Waals surface area contributed by atoms with Gasteiger partial charge in [0, 0.05) is 5.92 Å². The molecule has 39 heavy (non-hydrogen) atoms. The molecule has 5 rings (SSSR count). The molecule has 0 heteroatoms. The van der Waals surface area contributed by atoms with E-state index in [1.807, 2.05) is 6.08 Å². The average molecular weight is 517 g/mol. The summed E-state index contributed by atoms with van der Waals surface area (Å²) in [6, 6.07) is 20.6. The highest BCUT2D eigenvalue weighted by molar-refractivity contribution is 5.29. The van der Waals surface area contributed by atoms with E-state index in [9.17, 15) is 0 Å². The van der Waals surface area contributed by atoms with Crippen LogP contribution in [0.15, 0.2) is 108 Å². The van der Waals surface area contributed by atoms with Gasteiger partial charge < -0.3 is 0 Å². The van der Waals surface area contributed by atoms with E-state index in [1.165, 1.54) is 80.1 Å². The molecule has 0 nitrogen and oxygen atoms in total. The van der Waals surface area contributed by atoms with Crippen molar-refractivity contribution in [3.63, 3.8) is 0 Å². The van der Waals surface area contributed by atoms with Crippen molar-refractivity contribution < 1.29 is 0 Å². The maximum atomic E-state index is 4.50. The van der Waals surface area contributed by atoms with Crippen LogP contribution in [0.5, 0.6) is 0 Å². The lowest BCUT2D eigenvalue weighted by molar-refractivity contribution is 0.259. The van der Waals surface area contributed by atoms with E-state index in [2.05, 4.69) is 98.1 Å². The first-order chi connectivity index (χ1) is 19.1. The van der Waals surface area contributed by atoms with Crippen molar-refractivity contribution in [2.24, 2.45) is 29.6 Å². The highest BCUT2D eigenvalue weighted by Crippen LogP contribution is 2.38. The van der Waals surface area contributed by atoms with Gasteiger partial charge in [-0.2, -0.15) is 0 Å². The molecule has 0 N–H and O–H groups in total. The Morgan fingerprint density at radius 2 is 1.64 bits per heavy atom. The molecule has 0 radical (unpaired) electrons. The molecule has 0 bridgehead atoms. The van der Waals surface area contributed by atoms with Crippen molar-refractivity contribution in [2.45, 2.75) is 84.0 Å². The fourth-order valence-corrected chi connectivity index (χ4v) is 7.11. The molecule has 0 aliphatic heterocycles. The van der Waals surface area contributed by atoms with Gasteiger partial charge in [0.05, 0.1) is 0 Å². The number of rotatable bonds is 12. The maximum Gasteiger partial charge on any atom is 0.0119 e. The van der Waals surface area contributed by atoms with Crippen LogP contribution < -0.4 is 0 Å². The molecule has 0 heterocycles. The van der Waals surface area contributed by atoms with Crippen molar-refractivity contribution >= 4 is 0 Å². The van der Waals surface area contributed by atoms with Gasteiger partial charge in [-0.15, -0.1) is 5.73 Å². The lowest BCUT2D eigenvalue weighted by atomic mass is 9.77. The summed E-state index contributed by atoms with van der Waals surface area (Å²) in [5, 5.41) is 0. The van der Waals surface area contributed by atoms with Crippen molar-refractivity contribution in [3.05, 3.63) is 125 Å². The summed E-state index contributed by atoms with van der Waals surface area (Å²) in [5.41, 5.74) is 10.8. The molecule has 0 saturated heterocycles. The fraction of sp³-hybridized carbons (Fsp3) is 0.462. The molecule has 1 saturated carbocycles. The molecule has 0 spiro atoms. The molecular formula is C39H48. The quantitative estimate of drug-likeness (QED) is 0.194. The second kappa shape index (κ2) is 14.0.